The van der Waals surface area contributed by atoms with Crippen molar-refractivity contribution in [3.8, 4) is 0 Å². The average Bonchev–Trinajstić information content (AvgIpc) is 3.03. The maximum atomic E-state index is 12.5. The first kappa shape index (κ1) is 15.8. The third-order valence-corrected chi connectivity index (χ3v) is 4.11. The van der Waals surface area contributed by atoms with Crippen molar-refractivity contribution in [3.63, 3.8) is 0 Å². The van der Waals surface area contributed by atoms with Crippen LogP contribution in [0.1, 0.15) is 5.76 Å². The molecule has 26 heavy (non-hydrogen) atoms. The number of hydrogen-bond acceptors (Lipinski definition) is 6. The second-order valence-electron chi connectivity index (χ2n) is 5.88. The van der Waals surface area contributed by atoms with Gasteiger partial charge in [-0.05, 0) is 24.3 Å². The van der Waals surface area contributed by atoms with E-state index in [0.29, 0.717) is 11.4 Å². The lowest BCUT2D eigenvalue weighted by molar-refractivity contribution is -0.385. The number of nitro groups is 1. The molecule has 0 spiro atoms. The fourth-order valence-electron chi connectivity index (χ4n) is 2.92. The van der Waals surface area contributed by atoms with E-state index < -0.39 is 16.2 Å². The Labute approximate surface area is 147 Å². The lowest BCUT2D eigenvalue weighted by Crippen LogP contribution is -2.26. The van der Waals surface area contributed by atoms with Gasteiger partial charge in [0.1, 0.15) is 17.0 Å². The van der Waals surface area contributed by atoms with Crippen LogP contribution in [0, 0.1) is 10.1 Å². The SMILES string of the molecule is CN(Cc1cc2ccccc2o1)c1nc2ccccn2c(=O)c1[N+](=O)[O-]. The van der Waals surface area contributed by atoms with Gasteiger partial charge >= 0.3 is 11.2 Å². The molecule has 0 unspecified atom stereocenters. The molecule has 130 valence electrons. The quantitative estimate of drug-likeness (QED) is 0.415. The second kappa shape index (κ2) is 5.99. The Kier molecular flexibility index (Phi) is 3.65. The maximum absolute atomic E-state index is 12.5. The molecular weight excluding hydrogens is 336 g/mol. The monoisotopic (exact) mass is 350 g/mol. The number of aromatic nitrogens is 2. The molecule has 0 fully saturated rings. The average molecular weight is 350 g/mol. The number of pyridine rings is 1. The molecule has 0 atom stereocenters. The van der Waals surface area contributed by atoms with Crippen molar-refractivity contribution < 1.29 is 9.34 Å². The van der Waals surface area contributed by atoms with E-state index in [4.69, 9.17) is 4.42 Å². The molecule has 0 amide bonds. The van der Waals surface area contributed by atoms with Gasteiger partial charge in [-0.2, -0.15) is 0 Å². The van der Waals surface area contributed by atoms with E-state index in [1.54, 1.807) is 30.1 Å². The van der Waals surface area contributed by atoms with Crippen molar-refractivity contribution in [2.75, 3.05) is 11.9 Å². The Balaban J connectivity index is 1.80. The molecule has 4 rings (SSSR count). The zero-order chi connectivity index (χ0) is 18.3. The van der Waals surface area contributed by atoms with Crippen molar-refractivity contribution in [1.29, 1.82) is 0 Å². The standard InChI is InChI=1S/C18H14N4O4/c1-20(11-13-10-12-6-2-3-7-14(12)26-13)17-16(22(24)25)18(23)21-9-5-4-8-15(21)19-17/h2-10H,11H2,1H3. The van der Waals surface area contributed by atoms with Gasteiger partial charge in [-0.1, -0.05) is 24.3 Å². The molecule has 0 N–H and O–H groups in total. The van der Waals surface area contributed by atoms with E-state index in [1.807, 2.05) is 30.3 Å². The summed E-state index contributed by atoms with van der Waals surface area (Å²) in [5.41, 5.74) is -0.203. The first-order valence-corrected chi connectivity index (χ1v) is 7.89. The molecular formula is C18H14N4O4. The van der Waals surface area contributed by atoms with Crippen molar-refractivity contribution in [3.05, 3.63) is 81.0 Å². The van der Waals surface area contributed by atoms with E-state index in [9.17, 15) is 14.9 Å². The van der Waals surface area contributed by atoms with Gasteiger partial charge in [0.25, 0.3) is 0 Å². The summed E-state index contributed by atoms with van der Waals surface area (Å²) in [7, 11) is 1.64. The van der Waals surface area contributed by atoms with Crippen molar-refractivity contribution >= 4 is 28.1 Å². The van der Waals surface area contributed by atoms with Gasteiger partial charge in [0, 0.05) is 18.6 Å². The Hall–Kier alpha value is -3.68. The zero-order valence-corrected chi connectivity index (χ0v) is 13.8. The van der Waals surface area contributed by atoms with Gasteiger partial charge in [-0.25, -0.2) is 4.98 Å². The number of para-hydroxylation sites is 1. The number of benzene rings is 1. The molecule has 3 heterocycles. The first-order chi connectivity index (χ1) is 12.5. The second-order valence-corrected chi connectivity index (χ2v) is 5.88. The highest BCUT2D eigenvalue weighted by molar-refractivity contribution is 5.77. The highest BCUT2D eigenvalue weighted by atomic mass is 16.6. The summed E-state index contributed by atoms with van der Waals surface area (Å²) < 4.78 is 6.92. The molecule has 8 heteroatoms. The molecule has 0 radical (unpaired) electrons. The van der Waals surface area contributed by atoms with Crippen LogP contribution < -0.4 is 10.5 Å². The molecule has 0 aliphatic rings. The zero-order valence-electron chi connectivity index (χ0n) is 13.8. The Bertz CT molecular complexity index is 1160. The van der Waals surface area contributed by atoms with Crippen LogP contribution >= 0.6 is 0 Å². The lowest BCUT2D eigenvalue weighted by atomic mass is 10.2. The van der Waals surface area contributed by atoms with Crippen LogP contribution in [0.15, 0.2) is 63.9 Å². The molecule has 0 saturated carbocycles. The topological polar surface area (TPSA) is 93.9 Å². The molecule has 3 aromatic heterocycles. The predicted octanol–water partition coefficient (Wildman–Crippen LogP) is 2.99. The van der Waals surface area contributed by atoms with Crippen LogP contribution in [0.3, 0.4) is 0 Å². The molecule has 0 aliphatic heterocycles. The number of rotatable bonds is 4. The van der Waals surface area contributed by atoms with Gasteiger partial charge in [0.2, 0.25) is 5.82 Å². The molecule has 0 bridgehead atoms. The Morgan fingerprint density at radius 3 is 2.77 bits per heavy atom. The smallest absolute Gasteiger partial charge is 0.376 e. The maximum Gasteiger partial charge on any atom is 0.376 e. The molecule has 1 aromatic carbocycles. The number of fused-ring (bicyclic) bond motifs is 2. The Morgan fingerprint density at radius 1 is 1.23 bits per heavy atom. The van der Waals surface area contributed by atoms with Gasteiger partial charge in [-0.15, -0.1) is 0 Å². The number of hydrogen-bond donors (Lipinski definition) is 0. The minimum Gasteiger partial charge on any atom is -0.459 e. The summed E-state index contributed by atoms with van der Waals surface area (Å²) in [6.45, 7) is 0.241. The van der Waals surface area contributed by atoms with Crippen LogP contribution in [0.5, 0.6) is 0 Å². The first-order valence-electron chi connectivity index (χ1n) is 7.89. The van der Waals surface area contributed by atoms with Crippen LogP contribution in [0.4, 0.5) is 11.5 Å². The predicted molar refractivity (Wildman–Crippen MR) is 96.4 cm³/mol. The summed E-state index contributed by atoms with van der Waals surface area (Å²) in [4.78, 5) is 29.2. The summed E-state index contributed by atoms with van der Waals surface area (Å²) in [5.74, 6) is 0.629. The summed E-state index contributed by atoms with van der Waals surface area (Å²) in [6, 6.07) is 14.4. The number of furan rings is 1. The fraction of sp³-hybridized carbons (Fsp3) is 0.111. The van der Waals surface area contributed by atoms with Gasteiger partial charge in [0.05, 0.1) is 11.5 Å². The van der Waals surface area contributed by atoms with Gasteiger partial charge in [0.15, 0.2) is 0 Å². The lowest BCUT2D eigenvalue weighted by Gasteiger charge is -2.16. The van der Waals surface area contributed by atoms with E-state index in [0.717, 1.165) is 15.4 Å². The molecule has 4 aromatic rings. The number of nitrogens with zero attached hydrogens (tertiary/aromatic N) is 4. The van der Waals surface area contributed by atoms with E-state index in [-0.39, 0.29) is 12.4 Å². The number of anilines is 1. The van der Waals surface area contributed by atoms with Crippen LogP contribution in [-0.4, -0.2) is 21.4 Å². The molecule has 0 aliphatic carbocycles. The molecule has 8 nitrogen and oxygen atoms in total. The van der Waals surface area contributed by atoms with Crippen molar-refractivity contribution in [2.24, 2.45) is 0 Å². The van der Waals surface area contributed by atoms with E-state index in [2.05, 4.69) is 4.98 Å². The largest absolute Gasteiger partial charge is 0.459 e. The van der Waals surface area contributed by atoms with Crippen LogP contribution in [0.25, 0.3) is 16.6 Å². The van der Waals surface area contributed by atoms with Gasteiger partial charge < -0.3 is 9.32 Å². The summed E-state index contributed by atoms with van der Waals surface area (Å²) in [5, 5.41) is 12.4. The summed E-state index contributed by atoms with van der Waals surface area (Å²) in [6.07, 6.45) is 1.46. The molecule has 0 saturated heterocycles. The third kappa shape index (κ3) is 2.57. The summed E-state index contributed by atoms with van der Waals surface area (Å²) >= 11 is 0. The third-order valence-electron chi connectivity index (χ3n) is 4.11. The minimum absolute atomic E-state index is 0.00616. The van der Waals surface area contributed by atoms with E-state index in [1.165, 1.54) is 6.20 Å². The normalized spacial score (nSPS) is 11.1. The van der Waals surface area contributed by atoms with E-state index >= 15 is 0 Å². The van der Waals surface area contributed by atoms with Crippen molar-refractivity contribution in [1.82, 2.24) is 9.38 Å². The van der Waals surface area contributed by atoms with Gasteiger partial charge in [-0.3, -0.25) is 19.3 Å². The van der Waals surface area contributed by atoms with Crippen LogP contribution in [0.2, 0.25) is 0 Å². The van der Waals surface area contributed by atoms with Crippen molar-refractivity contribution in [2.45, 2.75) is 6.54 Å². The minimum atomic E-state index is -0.716. The fourth-order valence-corrected chi connectivity index (χ4v) is 2.92. The van der Waals surface area contributed by atoms with Crippen LogP contribution in [-0.2, 0) is 6.54 Å². The Morgan fingerprint density at radius 2 is 2.00 bits per heavy atom. The highest BCUT2D eigenvalue weighted by Crippen LogP contribution is 2.25. The highest BCUT2D eigenvalue weighted by Gasteiger charge is 2.26.